The van der Waals surface area contributed by atoms with Crippen molar-refractivity contribution in [2.75, 3.05) is 12.0 Å². The molecule has 1 heterocycles. The lowest BCUT2D eigenvalue weighted by molar-refractivity contribution is 0.666. The van der Waals surface area contributed by atoms with Gasteiger partial charge in [-0.2, -0.15) is 16.9 Å². The highest BCUT2D eigenvalue weighted by molar-refractivity contribution is 7.98. The van der Waals surface area contributed by atoms with Crippen molar-refractivity contribution in [3.05, 3.63) is 18.0 Å². The van der Waals surface area contributed by atoms with Gasteiger partial charge in [0.05, 0.1) is 11.6 Å². The Morgan fingerprint density at radius 3 is 3.00 bits per heavy atom. The summed E-state index contributed by atoms with van der Waals surface area (Å²) in [7, 11) is 0. The largest absolute Gasteiger partial charge is 0.272 e. The fraction of sp³-hybridized carbons (Fsp3) is 0.625. The van der Waals surface area contributed by atoms with Crippen LogP contribution in [0.15, 0.2) is 12.4 Å². The molecule has 2 nitrogen and oxygen atoms in total. The topological polar surface area (TPSA) is 17.8 Å². The third-order valence-corrected chi connectivity index (χ3v) is 2.48. The zero-order valence-electron chi connectivity index (χ0n) is 7.33. The first kappa shape index (κ1) is 9.93. The van der Waals surface area contributed by atoms with Crippen LogP contribution < -0.4 is 0 Å². The van der Waals surface area contributed by atoms with Crippen LogP contribution in [0.2, 0.25) is 0 Å². The van der Waals surface area contributed by atoms with Crippen LogP contribution in [0, 0.1) is 0 Å². The third-order valence-electron chi connectivity index (χ3n) is 1.64. The molecule has 0 spiro atoms. The highest BCUT2D eigenvalue weighted by Gasteiger charge is 2.03. The molecule has 0 saturated heterocycles. The molecule has 1 unspecified atom stereocenters. The van der Waals surface area contributed by atoms with E-state index in [9.17, 15) is 0 Å². The average molecular weight is 205 g/mol. The monoisotopic (exact) mass is 204 g/mol. The maximum Gasteiger partial charge on any atom is 0.0588 e. The minimum Gasteiger partial charge on any atom is -0.272 e. The van der Waals surface area contributed by atoms with E-state index in [0.29, 0.717) is 0 Å². The van der Waals surface area contributed by atoms with Gasteiger partial charge in [-0.25, -0.2) is 0 Å². The average Bonchev–Trinajstić information content (AvgIpc) is 2.48. The molecule has 12 heavy (non-hydrogen) atoms. The molecule has 1 aromatic heterocycles. The first-order valence-electron chi connectivity index (χ1n) is 3.89. The fourth-order valence-corrected chi connectivity index (χ4v) is 1.37. The molecule has 0 aliphatic heterocycles. The molecule has 0 aromatic carbocycles. The van der Waals surface area contributed by atoms with Crippen LogP contribution in [0.25, 0.3) is 0 Å². The van der Waals surface area contributed by atoms with Crippen LogP contribution in [0.5, 0.6) is 0 Å². The first-order chi connectivity index (χ1) is 5.74. The Hall–Kier alpha value is -0.150. The van der Waals surface area contributed by atoms with Gasteiger partial charge < -0.3 is 0 Å². The molecule has 0 saturated carbocycles. The summed E-state index contributed by atoms with van der Waals surface area (Å²) in [6, 6.07) is 0. The molecule has 0 bridgehead atoms. The van der Waals surface area contributed by atoms with Gasteiger partial charge in [-0.15, -0.1) is 11.6 Å². The lowest BCUT2D eigenvalue weighted by Crippen LogP contribution is -1.99. The molecule has 0 aliphatic carbocycles. The minimum absolute atomic E-state index is 0.0630. The fourth-order valence-electron chi connectivity index (χ4n) is 0.892. The van der Waals surface area contributed by atoms with E-state index in [1.54, 1.807) is 0 Å². The molecule has 1 atom stereocenters. The van der Waals surface area contributed by atoms with Crippen molar-refractivity contribution in [3.8, 4) is 0 Å². The Labute approximate surface area is 82.3 Å². The van der Waals surface area contributed by atoms with E-state index in [4.69, 9.17) is 11.6 Å². The van der Waals surface area contributed by atoms with Crippen molar-refractivity contribution < 1.29 is 0 Å². The molecular weight excluding hydrogens is 192 g/mol. The maximum absolute atomic E-state index is 5.89. The van der Waals surface area contributed by atoms with Crippen LogP contribution in [-0.2, 0) is 6.54 Å². The van der Waals surface area contributed by atoms with Crippen molar-refractivity contribution >= 4 is 23.4 Å². The first-order valence-corrected chi connectivity index (χ1v) is 5.72. The summed E-state index contributed by atoms with van der Waals surface area (Å²) in [5, 5.41) is 4.26. The molecule has 0 fully saturated rings. The van der Waals surface area contributed by atoms with Crippen molar-refractivity contribution in [3.63, 3.8) is 0 Å². The van der Waals surface area contributed by atoms with Crippen molar-refractivity contribution in [1.82, 2.24) is 9.78 Å². The number of hydrogen-bond donors (Lipinski definition) is 0. The molecule has 0 N–H and O–H groups in total. The highest BCUT2D eigenvalue weighted by atomic mass is 35.5. The molecule has 4 heteroatoms. The van der Waals surface area contributed by atoms with Crippen LogP contribution in [0.3, 0.4) is 0 Å². The van der Waals surface area contributed by atoms with Gasteiger partial charge in [0.1, 0.15) is 0 Å². The van der Waals surface area contributed by atoms with Gasteiger partial charge in [0, 0.05) is 24.1 Å². The SMILES string of the molecule is CSCCn1cc(C(C)Cl)cn1. The number of halogens is 1. The molecule has 0 radical (unpaired) electrons. The molecule has 1 aromatic rings. The zero-order chi connectivity index (χ0) is 8.97. The Morgan fingerprint density at radius 2 is 2.50 bits per heavy atom. The van der Waals surface area contributed by atoms with Gasteiger partial charge >= 0.3 is 0 Å². The normalized spacial score (nSPS) is 13.2. The molecular formula is C8H13ClN2S. The van der Waals surface area contributed by atoms with Crippen LogP contribution in [0.1, 0.15) is 17.9 Å². The predicted octanol–water partition coefficient (Wildman–Crippen LogP) is 2.55. The van der Waals surface area contributed by atoms with Crippen LogP contribution in [0.4, 0.5) is 0 Å². The molecule has 1 rings (SSSR count). The molecule has 0 amide bonds. The summed E-state index contributed by atoms with van der Waals surface area (Å²) in [5.41, 5.74) is 1.10. The summed E-state index contributed by atoms with van der Waals surface area (Å²) in [6.45, 7) is 2.92. The number of hydrogen-bond acceptors (Lipinski definition) is 2. The zero-order valence-corrected chi connectivity index (χ0v) is 8.90. The molecule has 0 aliphatic rings. The Bertz CT molecular complexity index is 235. The van der Waals surface area contributed by atoms with Crippen molar-refractivity contribution in [2.45, 2.75) is 18.8 Å². The highest BCUT2D eigenvalue weighted by Crippen LogP contribution is 2.17. The summed E-state index contributed by atoms with van der Waals surface area (Å²) in [6.07, 6.45) is 5.93. The van der Waals surface area contributed by atoms with Crippen molar-refractivity contribution in [1.29, 1.82) is 0 Å². The lowest BCUT2D eigenvalue weighted by atomic mass is 10.3. The summed E-state index contributed by atoms with van der Waals surface area (Å²) >= 11 is 7.71. The molecule has 68 valence electrons. The Balaban J connectivity index is 2.52. The summed E-state index contributed by atoms with van der Waals surface area (Å²) in [5.74, 6) is 1.10. The third kappa shape index (κ3) is 2.72. The van der Waals surface area contributed by atoms with Gasteiger partial charge in [0.15, 0.2) is 0 Å². The van der Waals surface area contributed by atoms with Gasteiger partial charge in [-0.1, -0.05) is 0 Å². The van der Waals surface area contributed by atoms with E-state index in [-0.39, 0.29) is 5.38 Å². The second-order valence-corrected chi connectivity index (χ2v) is 4.29. The second kappa shape index (κ2) is 4.77. The maximum atomic E-state index is 5.89. The van der Waals surface area contributed by atoms with Crippen molar-refractivity contribution in [2.24, 2.45) is 0 Å². The number of alkyl halides is 1. The van der Waals surface area contributed by atoms with E-state index in [2.05, 4.69) is 11.4 Å². The van der Waals surface area contributed by atoms with Gasteiger partial charge in [0.2, 0.25) is 0 Å². The van der Waals surface area contributed by atoms with Gasteiger partial charge in [-0.05, 0) is 13.2 Å². The predicted molar refractivity (Wildman–Crippen MR) is 54.9 cm³/mol. The Morgan fingerprint density at radius 1 is 1.75 bits per heavy atom. The van der Waals surface area contributed by atoms with E-state index >= 15 is 0 Å². The minimum atomic E-state index is 0.0630. The number of aromatic nitrogens is 2. The second-order valence-electron chi connectivity index (χ2n) is 2.65. The summed E-state index contributed by atoms with van der Waals surface area (Å²) < 4.78 is 1.94. The number of thioether (sulfide) groups is 1. The van der Waals surface area contributed by atoms with E-state index < -0.39 is 0 Å². The number of nitrogens with zero attached hydrogens (tertiary/aromatic N) is 2. The number of rotatable bonds is 4. The number of aryl methyl sites for hydroxylation is 1. The van der Waals surface area contributed by atoms with Gasteiger partial charge in [0.25, 0.3) is 0 Å². The van der Waals surface area contributed by atoms with E-state index in [1.807, 2.05) is 35.8 Å². The van der Waals surface area contributed by atoms with Crippen LogP contribution in [-0.4, -0.2) is 21.8 Å². The van der Waals surface area contributed by atoms with E-state index in [1.165, 1.54) is 0 Å². The van der Waals surface area contributed by atoms with Crippen LogP contribution >= 0.6 is 23.4 Å². The quantitative estimate of drug-likeness (QED) is 0.702. The van der Waals surface area contributed by atoms with Gasteiger partial charge in [-0.3, -0.25) is 4.68 Å². The van der Waals surface area contributed by atoms with E-state index in [0.717, 1.165) is 17.9 Å². The summed E-state index contributed by atoms with van der Waals surface area (Å²) in [4.78, 5) is 0. The standard InChI is InChI=1S/C8H13ClN2S/c1-7(9)8-5-10-11(6-8)3-4-12-2/h5-7H,3-4H2,1-2H3. The smallest absolute Gasteiger partial charge is 0.0588 e. The Kier molecular flexibility index (Phi) is 3.95. The lowest BCUT2D eigenvalue weighted by Gasteiger charge is -1.98.